The molecule has 0 saturated carbocycles. The molecule has 1 heterocycles. The minimum absolute atomic E-state index is 0.285. The first-order chi connectivity index (χ1) is 7.75. The number of amidine groups is 1. The Morgan fingerprint density at radius 1 is 1.12 bits per heavy atom. The third kappa shape index (κ3) is 2.75. The molecule has 0 spiro atoms. The quantitative estimate of drug-likeness (QED) is 0.591. The molecule has 2 N–H and O–H groups in total. The van der Waals surface area contributed by atoms with Gasteiger partial charge in [-0.1, -0.05) is 12.1 Å². The van der Waals surface area contributed by atoms with Crippen LogP contribution in [-0.4, -0.2) is 28.9 Å². The molecular weight excluding hydrogens is 200 g/mol. The third-order valence-corrected chi connectivity index (χ3v) is 3.05. The van der Waals surface area contributed by atoms with Crippen LogP contribution in [0.2, 0.25) is 0 Å². The summed E-state index contributed by atoms with van der Waals surface area (Å²) in [7, 11) is 0. The van der Waals surface area contributed by atoms with Crippen molar-refractivity contribution in [2.24, 2.45) is 0 Å². The van der Waals surface area contributed by atoms with Gasteiger partial charge in [0.15, 0.2) is 0 Å². The average molecular weight is 218 g/mol. The monoisotopic (exact) mass is 218 g/mol. The van der Waals surface area contributed by atoms with Gasteiger partial charge < -0.3 is 10.0 Å². The molecule has 0 amide bonds. The van der Waals surface area contributed by atoms with Crippen LogP contribution in [0.15, 0.2) is 24.3 Å². The third-order valence-electron chi connectivity index (χ3n) is 3.05. The summed E-state index contributed by atoms with van der Waals surface area (Å²) >= 11 is 0. The molecule has 16 heavy (non-hydrogen) atoms. The second-order valence-corrected chi connectivity index (χ2v) is 4.34. The lowest BCUT2D eigenvalue weighted by Crippen LogP contribution is -2.36. The van der Waals surface area contributed by atoms with Crippen LogP contribution in [0.5, 0.6) is 5.75 Å². The van der Waals surface area contributed by atoms with Crippen LogP contribution < -0.4 is 0 Å². The number of hydrogen-bond donors (Lipinski definition) is 2. The van der Waals surface area contributed by atoms with E-state index in [1.54, 1.807) is 12.1 Å². The molecule has 2 rings (SSSR count). The lowest BCUT2D eigenvalue weighted by molar-refractivity contribution is 0.336. The van der Waals surface area contributed by atoms with E-state index < -0.39 is 0 Å². The van der Waals surface area contributed by atoms with E-state index in [0.717, 1.165) is 18.7 Å². The number of nitrogens with zero attached hydrogens (tertiary/aromatic N) is 1. The molecule has 1 aliphatic rings. The van der Waals surface area contributed by atoms with Crippen molar-refractivity contribution in [3.63, 3.8) is 0 Å². The number of nitrogens with one attached hydrogen (secondary N) is 1. The molecule has 0 bridgehead atoms. The van der Waals surface area contributed by atoms with E-state index in [-0.39, 0.29) is 5.75 Å². The van der Waals surface area contributed by atoms with Crippen molar-refractivity contribution in [2.45, 2.75) is 25.7 Å². The van der Waals surface area contributed by atoms with Crippen molar-refractivity contribution in [2.75, 3.05) is 13.1 Å². The number of phenols is 1. The first-order valence-corrected chi connectivity index (χ1v) is 5.86. The van der Waals surface area contributed by atoms with Crippen molar-refractivity contribution >= 4 is 5.84 Å². The number of aromatic hydroxyl groups is 1. The fourth-order valence-electron chi connectivity index (χ4n) is 2.08. The first-order valence-electron chi connectivity index (χ1n) is 5.86. The summed E-state index contributed by atoms with van der Waals surface area (Å²) in [6.07, 6.45) is 4.37. The molecule has 0 radical (unpaired) electrons. The molecule has 86 valence electrons. The lowest BCUT2D eigenvalue weighted by Gasteiger charge is -2.29. The van der Waals surface area contributed by atoms with Gasteiger partial charge in [0.25, 0.3) is 0 Å². The summed E-state index contributed by atoms with van der Waals surface area (Å²) in [6.45, 7) is 2.05. The Labute approximate surface area is 96.2 Å². The van der Waals surface area contributed by atoms with E-state index in [2.05, 4.69) is 4.90 Å². The second kappa shape index (κ2) is 5.01. The molecule has 1 saturated heterocycles. The smallest absolute Gasteiger partial charge is 0.115 e. The standard InChI is InChI=1S/C13H18N2O/c14-13(15-8-2-1-3-9-15)10-11-4-6-12(16)7-5-11/h4-7,14,16H,1-3,8-10H2. The highest BCUT2D eigenvalue weighted by Crippen LogP contribution is 2.13. The molecule has 0 aliphatic carbocycles. The summed E-state index contributed by atoms with van der Waals surface area (Å²) in [6, 6.07) is 7.12. The molecule has 1 aromatic rings. The topological polar surface area (TPSA) is 47.3 Å². The van der Waals surface area contributed by atoms with Gasteiger partial charge in [0.2, 0.25) is 0 Å². The van der Waals surface area contributed by atoms with Gasteiger partial charge in [0.05, 0.1) is 0 Å². The molecule has 3 nitrogen and oxygen atoms in total. The number of rotatable bonds is 2. The van der Waals surface area contributed by atoms with E-state index in [4.69, 9.17) is 5.41 Å². The number of benzene rings is 1. The number of phenolic OH excluding ortho intramolecular Hbond substituents is 1. The second-order valence-electron chi connectivity index (χ2n) is 4.34. The number of hydrogen-bond acceptors (Lipinski definition) is 2. The van der Waals surface area contributed by atoms with E-state index in [1.807, 2.05) is 12.1 Å². The summed E-state index contributed by atoms with van der Waals surface area (Å²) in [5.74, 6) is 0.985. The van der Waals surface area contributed by atoms with E-state index in [9.17, 15) is 5.11 Å². The molecule has 0 atom stereocenters. The van der Waals surface area contributed by atoms with Crippen molar-refractivity contribution in [3.8, 4) is 5.75 Å². The maximum Gasteiger partial charge on any atom is 0.115 e. The largest absolute Gasteiger partial charge is 0.508 e. The van der Waals surface area contributed by atoms with Gasteiger partial charge in [-0.15, -0.1) is 0 Å². The Hall–Kier alpha value is -1.51. The Bertz CT molecular complexity index is 353. The van der Waals surface area contributed by atoms with Crippen LogP contribution in [0.3, 0.4) is 0 Å². The van der Waals surface area contributed by atoms with Crippen molar-refractivity contribution < 1.29 is 5.11 Å². The Morgan fingerprint density at radius 2 is 1.75 bits per heavy atom. The van der Waals surface area contributed by atoms with Gasteiger partial charge in [-0.3, -0.25) is 5.41 Å². The van der Waals surface area contributed by atoms with Crippen LogP contribution in [0.25, 0.3) is 0 Å². The van der Waals surface area contributed by atoms with Crippen LogP contribution in [0, 0.1) is 5.41 Å². The van der Waals surface area contributed by atoms with Crippen molar-refractivity contribution in [1.82, 2.24) is 4.90 Å². The minimum atomic E-state index is 0.285. The minimum Gasteiger partial charge on any atom is -0.508 e. The highest BCUT2D eigenvalue weighted by Gasteiger charge is 2.13. The Morgan fingerprint density at radius 3 is 2.38 bits per heavy atom. The lowest BCUT2D eigenvalue weighted by atomic mass is 10.1. The number of likely N-dealkylation sites (tertiary alicyclic amines) is 1. The predicted octanol–water partition coefficient (Wildman–Crippen LogP) is 2.40. The summed E-state index contributed by atoms with van der Waals surface area (Å²) in [5, 5.41) is 17.2. The summed E-state index contributed by atoms with van der Waals surface area (Å²) in [4.78, 5) is 2.16. The van der Waals surface area contributed by atoms with Crippen LogP contribution in [0.4, 0.5) is 0 Å². The van der Waals surface area contributed by atoms with Gasteiger partial charge in [-0.25, -0.2) is 0 Å². The van der Waals surface area contributed by atoms with Crippen molar-refractivity contribution in [1.29, 1.82) is 5.41 Å². The molecule has 0 unspecified atom stereocenters. The van der Waals surface area contributed by atoms with E-state index >= 15 is 0 Å². The zero-order valence-electron chi connectivity index (χ0n) is 9.45. The van der Waals surface area contributed by atoms with Crippen LogP contribution in [-0.2, 0) is 6.42 Å². The van der Waals surface area contributed by atoms with E-state index in [1.165, 1.54) is 19.3 Å². The van der Waals surface area contributed by atoms with Crippen molar-refractivity contribution in [3.05, 3.63) is 29.8 Å². The molecule has 1 aromatic carbocycles. The first kappa shape index (κ1) is 11.0. The zero-order valence-corrected chi connectivity index (χ0v) is 9.45. The Balaban J connectivity index is 1.93. The average Bonchev–Trinajstić information content (AvgIpc) is 2.33. The molecular formula is C13H18N2O. The predicted molar refractivity (Wildman–Crippen MR) is 65.0 cm³/mol. The zero-order chi connectivity index (χ0) is 11.4. The normalized spacial score (nSPS) is 16.1. The van der Waals surface area contributed by atoms with Gasteiger partial charge in [0, 0.05) is 19.5 Å². The summed E-state index contributed by atoms with van der Waals surface area (Å²) in [5.41, 5.74) is 1.09. The van der Waals surface area contributed by atoms with E-state index in [0.29, 0.717) is 12.3 Å². The molecule has 1 aliphatic heterocycles. The van der Waals surface area contributed by atoms with Crippen LogP contribution >= 0.6 is 0 Å². The van der Waals surface area contributed by atoms with Gasteiger partial charge in [-0.2, -0.15) is 0 Å². The molecule has 3 heteroatoms. The molecule has 1 fully saturated rings. The SMILES string of the molecule is N=C(Cc1ccc(O)cc1)N1CCCCC1. The fraction of sp³-hybridized carbons (Fsp3) is 0.462. The maximum atomic E-state index is 9.18. The summed E-state index contributed by atoms with van der Waals surface area (Å²) < 4.78 is 0. The molecule has 0 aromatic heterocycles. The number of piperidine rings is 1. The van der Waals surface area contributed by atoms with Crippen LogP contribution in [0.1, 0.15) is 24.8 Å². The highest BCUT2D eigenvalue weighted by atomic mass is 16.3. The fourth-order valence-corrected chi connectivity index (χ4v) is 2.08. The van der Waals surface area contributed by atoms with Gasteiger partial charge in [-0.05, 0) is 37.0 Å². The Kier molecular flexibility index (Phi) is 3.44. The van der Waals surface area contributed by atoms with Gasteiger partial charge >= 0.3 is 0 Å². The maximum absolute atomic E-state index is 9.18. The highest BCUT2D eigenvalue weighted by molar-refractivity contribution is 5.81. The van der Waals surface area contributed by atoms with Gasteiger partial charge in [0.1, 0.15) is 11.6 Å².